The predicted molar refractivity (Wildman–Crippen MR) is 88.8 cm³/mol. The van der Waals surface area contributed by atoms with Crippen LogP contribution in [0.5, 0.6) is 0 Å². The highest BCUT2D eigenvalue weighted by Crippen LogP contribution is 2.21. The second kappa shape index (κ2) is 6.82. The van der Waals surface area contributed by atoms with Crippen molar-refractivity contribution >= 4 is 21.6 Å². The zero-order chi connectivity index (χ0) is 17.2. The second-order valence-electron chi connectivity index (χ2n) is 6.02. The number of sulfone groups is 1. The Labute approximate surface area is 137 Å². The van der Waals surface area contributed by atoms with E-state index in [9.17, 15) is 13.2 Å². The Morgan fingerprint density at radius 1 is 1.35 bits per heavy atom. The third-order valence-corrected chi connectivity index (χ3v) is 6.61. The minimum Gasteiger partial charge on any atom is -0.369 e. The normalized spacial score (nSPS) is 16.1. The molecule has 0 saturated carbocycles. The van der Waals surface area contributed by atoms with Gasteiger partial charge in [0.05, 0.1) is 10.9 Å². The van der Waals surface area contributed by atoms with Crippen molar-refractivity contribution in [2.45, 2.75) is 51.2 Å². The molecule has 1 aliphatic rings. The molecular weight excluding hydrogens is 316 g/mol. The monoisotopic (exact) mass is 340 g/mol. The van der Waals surface area contributed by atoms with Crippen LogP contribution in [0.25, 0.3) is 0 Å². The number of nitrogens with zero attached hydrogens (tertiary/aromatic N) is 3. The van der Waals surface area contributed by atoms with Gasteiger partial charge in [0.15, 0.2) is 9.84 Å². The Morgan fingerprint density at radius 2 is 2.04 bits per heavy atom. The third-order valence-electron chi connectivity index (χ3n) is 4.11. The molecule has 0 aliphatic carbocycles. The molecule has 23 heavy (non-hydrogen) atoms. The third kappa shape index (κ3) is 3.63. The van der Waals surface area contributed by atoms with Crippen molar-refractivity contribution in [3.05, 3.63) is 17.3 Å². The number of aromatic nitrogens is 2. The van der Waals surface area contributed by atoms with E-state index in [1.165, 1.54) is 6.92 Å². The summed E-state index contributed by atoms with van der Waals surface area (Å²) in [5.41, 5.74) is 1.79. The van der Waals surface area contributed by atoms with Crippen LogP contribution < -0.4 is 5.32 Å². The summed E-state index contributed by atoms with van der Waals surface area (Å²) < 4.78 is 24.4. The molecule has 1 aliphatic heterocycles. The van der Waals surface area contributed by atoms with Gasteiger partial charge in [-0.2, -0.15) is 5.10 Å². The Hall–Kier alpha value is -1.70. The lowest BCUT2D eigenvalue weighted by atomic mass is 10.1. The highest BCUT2D eigenvalue weighted by atomic mass is 32.2. The molecule has 0 fully saturated rings. The second-order valence-corrected chi connectivity index (χ2v) is 8.85. The van der Waals surface area contributed by atoms with Gasteiger partial charge in [0.1, 0.15) is 11.1 Å². The van der Waals surface area contributed by atoms with Crippen molar-refractivity contribution in [2.75, 3.05) is 18.4 Å². The molecule has 1 aromatic heterocycles. The maximum absolute atomic E-state index is 12.6. The van der Waals surface area contributed by atoms with Crippen LogP contribution in [0.1, 0.15) is 39.0 Å². The zero-order valence-electron chi connectivity index (χ0n) is 14.0. The molecule has 1 atom stereocenters. The largest absolute Gasteiger partial charge is 0.369 e. The van der Waals surface area contributed by atoms with Gasteiger partial charge in [-0.05, 0) is 39.3 Å². The number of carbonyl (C=O) groups is 1. The minimum atomic E-state index is -3.45. The van der Waals surface area contributed by atoms with Crippen molar-refractivity contribution in [1.82, 2.24) is 15.1 Å². The first kappa shape index (κ1) is 17.7. The highest BCUT2D eigenvalue weighted by Gasteiger charge is 2.35. The van der Waals surface area contributed by atoms with E-state index in [1.807, 2.05) is 13.0 Å². The molecule has 1 N–H and O–H groups in total. The number of anilines is 1. The quantitative estimate of drug-likeness (QED) is 0.860. The number of hydrogen-bond donors (Lipinski definition) is 1. The van der Waals surface area contributed by atoms with Gasteiger partial charge in [-0.3, -0.25) is 4.79 Å². The topological polar surface area (TPSA) is 92.3 Å². The van der Waals surface area contributed by atoms with Gasteiger partial charge in [0, 0.05) is 26.1 Å². The van der Waals surface area contributed by atoms with Crippen LogP contribution in [0, 0.1) is 0 Å². The number of carbonyl (C=O) groups excluding carboxylic acids is 1. The smallest absolute Gasteiger partial charge is 0.240 e. The Morgan fingerprint density at radius 3 is 2.65 bits per heavy atom. The summed E-state index contributed by atoms with van der Waals surface area (Å²) in [6.45, 7) is 8.22. The predicted octanol–water partition coefficient (Wildman–Crippen LogP) is 1.00. The van der Waals surface area contributed by atoms with E-state index >= 15 is 0 Å². The Bertz CT molecular complexity index is 688. The van der Waals surface area contributed by atoms with Gasteiger partial charge in [0.2, 0.25) is 5.91 Å². The first-order valence-electron chi connectivity index (χ1n) is 7.88. The van der Waals surface area contributed by atoms with Gasteiger partial charge < -0.3 is 10.2 Å². The standard InChI is InChI=1S/C15H24N4O3S/c1-5-16-14-8-12-9-19(7-6-13(12)17-18-14)15(20)11(4)23(21,22)10(2)3/h8,10-11H,5-7,9H2,1-4H3,(H,16,18)/t11-/m0/s1. The van der Waals surface area contributed by atoms with E-state index in [0.29, 0.717) is 25.3 Å². The maximum atomic E-state index is 12.6. The van der Waals surface area contributed by atoms with Crippen molar-refractivity contribution in [3.63, 3.8) is 0 Å². The number of nitrogens with one attached hydrogen (secondary N) is 1. The lowest BCUT2D eigenvalue weighted by molar-refractivity contribution is -0.131. The van der Waals surface area contributed by atoms with Crippen molar-refractivity contribution in [1.29, 1.82) is 0 Å². The van der Waals surface area contributed by atoms with Crippen LogP contribution >= 0.6 is 0 Å². The van der Waals surface area contributed by atoms with Gasteiger partial charge >= 0.3 is 0 Å². The van der Waals surface area contributed by atoms with Gasteiger partial charge in [0.25, 0.3) is 0 Å². The van der Waals surface area contributed by atoms with E-state index in [-0.39, 0.29) is 5.91 Å². The van der Waals surface area contributed by atoms with Crippen LogP contribution in [0.3, 0.4) is 0 Å². The summed E-state index contributed by atoms with van der Waals surface area (Å²) >= 11 is 0. The summed E-state index contributed by atoms with van der Waals surface area (Å²) in [4.78, 5) is 14.2. The molecule has 8 heteroatoms. The van der Waals surface area contributed by atoms with Gasteiger partial charge in [-0.1, -0.05) is 0 Å². The molecule has 1 aromatic rings. The van der Waals surface area contributed by atoms with Crippen LogP contribution in [-0.2, 0) is 27.6 Å². The SMILES string of the molecule is CCNc1cc2c(nn1)CCN(C(=O)[C@H](C)S(=O)(=O)C(C)C)C2. The van der Waals surface area contributed by atoms with Crippen LogP contribution in [0.2, 0.25) is 0 Å². The summed E-state index contributed by atoms with van der Waals surface area (Å²) in [7, 11) is -3.45. The molecule has 2 rings (SSSR count). The molecule has 0 bridgehead atoms. The molecule has 0 saturated heterocycles. The molecule has 1 amide bonds. The summed E-state index contributed by atoms with van der Waals surface area (Å²) in [5, 5.41) is 9.78. The fourth-order valence-corrected chi connectivity index (χ4v) is 3.84. The fourth-order valence-electron chi connectivity index (χ4n) is 2.59. The Kier molecular flexibility index (Phi) is 5.23. The molecule has 7 nitrogen and oxygen atoms in total. The average Bonchev–Trinajstić information content (AvgIpc) is 2.52. The lowest BCUT2D eigenvalue weighted by Crippen LogP contribution is -2.45. The number of hydrogen-bond acceptors (Lipinski definition) is 6. The van der Waals surface area contributed by atoms with Crippen molar-refractivity contribution in [3.8, 4) is 0 Å². The number of amides is 1. The van der Waals surface area contributed by atoms with E-state index < -0.39 is 20.3 Å². The van der Waals surface area contributed by atoms with Crippen molar-refractivity contribution < 1.29 is 13.2 Å². The first-order chi connectivity index (χ1) is 10.8. The van der Waals surface area contributed by atoms with Crippen LogP contribution in [0.15, 0.2) is 6.07 Å². The van der Waals surface area contributed by atoms with Gasteiger partial charge in [-0.25, -0.2) is 8.42 Å². The van der Waals surface area contributed by atoms with Crippen LogP contribution in [-0.4, -0.2) is 53.0 Å². The molecule has 128 valence electrons. The van der Waals surface area contributed by atoms with Crippen molar-refractivity contribution in [2.24, 2.45) is 0 Å². The van der Waals surface area contributed by atoms with Crippen LogP contribution in [0.4, 0.5) is 5.82 Å². The molecule has 2 heterocycles. The lowest BCUT2D eigenvalue weighted by Gasteiger charge is -2.30. The van der Waals surface area contributed by atoms with E-state index in [2.05, 4.69) is 15.5 Å². The summed E-state index contributed by atoms with van der Waals surface area (Å²) in [5.74, 6) is 0.328. The zero-order valence-corrected chi connectivity index (χ0v) is 14.9. The van der Waals surface area contributed by atoms with E-state index in [0.717, 1.165) is 17.8 Å². The summed E-state index contributed by atoms with van der Waals surface area (Å²) in [6, 6.07) is 1.88. The van der Waals surface area contributed by atoms with Gasteiger partial charge in [-0.15, -0.1) is 5.10 Å². The molecule has 0 spiro atoms. The maximum Gasteiger partial charge on any atom is 0.240 e. The minimum absolute atomic E-state index is 0.342. The first-order valence-corrected chi connectivity index (χ1v) is 9.49. The fraction of sp³-hybridized carbons (Fsp3) is 0.667. The molecular formula is C15H24N4O3S. The molecule has 0 aromatic carbocycles. The number of fused-ring (bicyclic) bond motifs is 1. The van der Waals surface area contributed by atoms with E-state index in [4.69, 9.17) is 0 Å². The number of rotatable bonds is 5. The highest BCUT2D eigenvalue weighted by molar-refractivity contribution is 7.93. The molecule has 0 radical (unpaired) electrons. The Balaban J connectivity index is 2.18. The average molecular weight is 340 g/mol. The molecule has 0 unspecified atom stereocenters. The van der Waals surface area contributed by atoms with E-state index in [1.54, 1.807) is 18.7 Å². The summed E-state index contributed by atoms with van der Waals surface area (Å²) in [6.07, 6.45) is 0.592.